The summed E-state index contributed by atoms with van der Waals surface area (Å²) in [6.45, 7) is 5.13. The van der Waals surface area contributed by atoms with E-state index in [9.17, 15) is 0 Å². The topological polar surface area (TPSA) is 3.24 Å². The maximum Gasteiger partial charge on any atom is 0.0171 e. The standard InChI is InChI=1S/C7H13N.HI/c1-7-5-3-4-6-8(7)2;/h1,3-6H2,2H3;1H. The number of hydrogen-bond donors (Lipinski definition) is 0. The van der Waals surface area contributed by atoms with Crippen LogP contribution in [0.1, 0.15) is 19.3 Å². The van der Waals surface area contributed by atoms with Crippen molar-refractivity contribution in [2.24, 2.45) is 0 Å². The monoisotopic (exact) mass is 239 g/mol. The molecule has 0 atom stereocenters. The van der Waals surface area contributed by atoms with E-state index in [-0.39, 0.29) is 24.0 Å². The zero-order valence-electron chi connectivity index (χ0n) is 5.89. The van der Waals surface area contributed by atoms with Gasteiger partial charge in [0.05, 0.1) is 0 Å². The molecule has 1 aliphatic heterocycles. The normalized spacial score (nSPS) is 19.2. The van der Waals surface area contributed by atoms with E-state index >= 15 is 0 Å². The van der Waals surface area contributed by atoms with Crippen LogP contribution < -0.4 is 0 Å². The minimum absolute atomic E-state index is 0. The Balaban J connectivity index is 0.000000640. The Hall–Kier alpha value is 0.270. The summed E-state index contributed by atoms with van der Waals surface area (Å²) in [5.74, 6) is 0. The van der Waals surface area contributed by atoms with Crippen LogP contribution >= 0.6 is 24.0 Å². The Bertz CT molecular complexity index is 101. The fourth-order valence-electron chi connectivity index (χ4n) is 1.03. The molecule has 1 fully saturated rings. The summed E-state index contributed by atoms with van der Waals surface area (Å²) in [5.41, 5.74) is 1.30. The molecule has 0 aromatic rings. The van der Waals surface area contributed by atoms with Gasteiger partial charge in [-0.05, 0) is 19.3 Å². The van der Waals surface area contributed by atoms with Crippen molar-refractivity contribution in [2.75, 3.05) is 13.6 Å². The molecule has 0 N–H and O–H groups in total. The van der Waals surface area contributed by atoms with E-state index in [0.29, 0.717) is 0 Å². The minimum Gasteiger partial charge on any atom is -0.378 e. The van der Waals surface area contributed by atoms with Gasteiger partial charge >= 0.3 is 0 Å². The Kier molecular flexibility index (Phi) is 4.27. The summed E-state index contributed by atoms with van der Waals surface area (Å²) in [4.78, 5) is 2.24. The van der Waals surface area contributed by atoms with Gasteiger partial charge in [0.2, 0.25) is 0 Å². The molecular weight excluding hydrogens is 225 g/mol. The van der Waals surface area contributed by atoms with Crippen molar-refractivity contribution in [1.82, 2.24) is 4.90 Å². The summed E-state index contributed by atoms with van der Waals surface area (Å²) in [7, 11) is 2.11. The van der Waals surface area contributed by atoms with Crippen LogP contribution in [0, 0.1) is 0 Å². The van der Waals surface area contributed by atoms with Crippen LogP contribution in [0.4, 0.5) is 0 Å². The SMILES string of the molecule is C=C1CCCCN1C.I. The molecule has 1 rings (SSSR count). The second-order valence-corrected chi connectivity index (χ2v) is 2.44. The first-order valence-electron chi connectivity index (χ1n) is 3.19. The zero-order valence-corrected chi connectivity index (χ0v) is 8.22. The number of allylic oxidation sites excluding steroid dienone is 1. The predicted molar refractivity (Wildman–Crippen MR) is 51.0 cm³/mol. The smallest absolute Gasteiger partial charge is 0.0171 e. The van der Waals surface area contributed by atoms with Crippen LogP contribution in [0.3, 0.4) is 0 Å². The molecule has 1 nitrogen and oxygen atoms in total. The van der Waals surface area contributed by atoms with Crippen molar-refractivity contribution in [1.29, 1.82) is 0 Å². The van der Waals surface area contributed by atoms with E-state index in [4.69, 9.17) is 0 Å². The second kappa shape index (κ2) is 4.14. The first-order valence-corrected chi connectivity index (χ1v) is 3.19. The lowest BCUT2D eigenvalue weighted by molar-refractivity contribution is 0.347. The molecule has 0 aliphatic carbocycles. The summed E-state index contributed by atoms with van der Waals surface area (Å²) >= 11 is 0. The Labute approximate surface area is 74.1 Å². The highest BCUT2D eigenvalue weighted by atomic mass is 127. The summed E-state index contributed by atoms with van der Waals surface area (Å²) in [6, 6.07) is 0. The molecule has 0 amide bonds. The van der Waals surface area contributed by atoms with Crippen molar-refractivity contribution in [2.45, 2.75) is 19.3 Å². The molecule has 54 valence electrons. The Morgan fingerprint density at radius 1 is 1.44 bits per heavy atom. The van der Waals surface area contributed by atoms with Gasteiger partial charge in [-0.1, -0.05) is 6.58 Å². The summed E-state index contributed by atoms with van der Waals surface area (Å²) in [5, 5.41) is 0. The molecule has 0 saturated carbocycles. The van der Waals surface area contributed by atoms with Crippen LogP contribution in [0.15, 0.2) is 12.3 Å². The zero-order chi connectivity index (χ0) is 5.98. The molecule has 1 aliphatic rings. The van der Waals surface area contributed by atoms with Gasteiger partial charge in [-0.2, -0.15) is 0 Å². The van der Waals surface area contributed by atoms with E-state index in [1.807, 2.05) is 0 Å². The highest BCUT2D eigenvalue weighted by Crippen LogP contribution is 2.15. The van der Waals surface area contributed by atoms with Crippen LogP contribution in [-0.2, 0) is 0 Å². The Morgan fingerprint density at radius 3 is 2.44 bits per heavy atom. The third-order valence-electron chi connectivity index (χ3n) is 1.75. The fraction of sp³-hybridized carbons (Fsp3) is 0.714. The molecule has 2 heteroatoms. The van der Waals surface area contributed by atoms with Gasteiger partial charge in [0.15, 0.2) is 0 Å². The molecule has 1 heterocycles. The number of piperidine rings is 1. The molecule has 1 saturated heterocycles. The molecule has 0 aromatic carbocycles. The lowest BCUT2D eigenvalue weighted by Gasteiger charge is -2.26. The van der Waals surface area contributed by atoms with E-state index in [0.717, 1.165) is 0 Å². The van der Waals surface area contributed by atoms with Gasteiger partial charge in [-0.3, -0.25) is 0 Å². The van der Waals surface area contributed by atoms with Gasteiger partial charge in [-0.15, -0.1) is 24.0 Å². The van der Waals surface area contributed by atoms with Crippen molar-refractivity contribution in [3.8, 4) is 0 Å². The molecule has 0 unspecified atom stereocenters. The largest absolute Gasteiger partial charge is 0.378 e. The second-order valence-electron chi connectivity index (χ2n) is 2.44. The third kappa shape index (κ3) is 2.56. The minimum atomic E-state index is 0. The highest BCUT2D eigenvalue weighted by Gasteiger charge is 2.06. The Morgan fingerprint density at radius 2 is 2.11 bits per heavy atom. The fourth-order valence-corrected chi connectivity index (χ4v) is 1.03. The predicted octanol–water partition coefficient (Wildman–Crippen LogP) is 2.23. The number of nitrogens with zero attached hydrogens (tertiary/aromatic N) is 1. The maximum atomic E-state index is 3.92. The van der Waals surface area contributed by atoms with Gasteiger partial charge in [0.1, 0.15) is 0 Å². The van der Waals surface area contributed by atoms with Crippen molar-refractivity contribution < 1.29 is 0 Å². The third-order valence-corrected chi connectivity index (χ3v) is 1.75. The first-order chi connectivity index (χ1) is 3.80. The lowest BCUT2D eigenvalue weighted by Crippen LogP contribution is -2.22. The first kappa shape index (κ1) is 9.27. The highest BCUT2D eigenvalue weighted by molar-refractivity contribution is 14.0. The summed E-state index contributed by atoms with van der Waals surface area (Å²) < 4.78 is 0. The number of likely N-dealkylation sites (tertiary alicyclic amines) is 1. The molecule has 0 radical (unpaired) electrons. The molecule has 0 aromatic heterocycles. The van der Waals surface area contributed by atoms with Crippen molar-refractivity contribution in [3.63, 3.8) is 0 Å². The van der Waals surface area contributed by atoms with Crippen molar-refractivity contribution in [3.05, 3.63) is 12.3 Å². The average Bonchev–Trinajstić information content (AvgIpc) is 1.77. The maximum absolute atomic E-state index is 3.92. The van der Waals surface area contributed by atoms with Crippen LogP contribution in [0.5, 0.6) is 0 Å². The van der Waals surface area contributed by atoms with Gasteiger partial charge < -0.3 is 4.90 Å². The number of rotatable bonds is 0. The quantitative estimate of drug-likeness (QED) is 0.586. The van der Waals surface area contributed by atoms with Gasteiger partial charge in [0.25, 0.3) is 0 Å². The van der Waals surface area contributed by atoms with Crippen LogP contribution in [0.2, 0.25) is 0 Å². The van der Waals surface area contributed by atoms with Crippen molar-refractivity contribution >= 4 is 24.0 Å². The molecule has 0 spiro atoms. The van der Waals surface area contributed by atoms with E-state index < -0.39 is 0 Å². The average molecular weight is 239 g/mol. The molecule has 9 heavy (non-hydrogen) atoms. The van der Waals surface area contributed by atoms with E-state index in [1.54, 1.807) is 0 Å². The van der Waals surface area contributed by atoms with E-state index in [2.05, 4.69) is 18.5 Å². The van der Waals surface area contributed by atoms with Crippen LogP contribution in [-0.4, -0.2) is 18.5 Å². The van der Waals surface area contributed by atoms with Gasteiger partial charge in [-0.25, -0.2) is 0 Å². The lowest BCUT2D eigenvalue weighted by atomic mass is 10.1. The molecular formula is C7H14IN. The summed E-state index contributed by atoms with van der Waals surface area (Å²) in [6.07, 6.45) is 3.88. The number of halogens is 1. The van der Waals surface area contributed by atoms with Crippen LogP contribution in [0.25, 0.3) is 0 Å². The van der Waals surface area contributed by atoms with Gasteiger partial charge in [0, 0.05) is 19.3 Å². The number of hydrogen-bond acceptors (Lipinski definition) is 1. The van der Waals surface area contributed by atoms with E-state index in [1.165, 1.54) is 31.5 Å². The molecule has 0 bridgehead atoms.